The molecule has 1 aromatic rings. The van der Waals surface area contributed by atoms with Crippen molar-refractivity contribution in [3.8, 4) is 0 Å². The molecule has 1 amide bonds. The van der Waals surface area contributed by atoms with E-state index in [1.54, 1.807) is 4.90 Å². The van der Waals surface area contributed by atoms with Gasteiger partial charge in [0, 0.05) is 18.5 Å². The van der Waals surface area contributed by atoms with E-state index in [9.17, 15) is 9.59 Å². The van der Waals surface area contributed by atoms with E-state index in [1.165, 1.54) is 7.11 Å². The molecule has 21 heavy (non-hydrogen) atoms. The quantitative estimate of drug-likeness (QED) is 0.791. The number of nitrogens with zero attached hydrogens (tertiary/aromatic N) is 2. The average Bonchev–Trinajstić information content (AvgIpc) is 2.82. The third-order valence-corrected chi connectivity index (χ3v) is 4.07. The Hall–Kier alpha value is -1.85. The first-order valence-corrected chi connectivity index (χ1v) is 7.33. The van der Waals surface area contributed by atoms with Gasteiger partial charge in [-0.1, -0.05) is 5.16 Å². The van der Waals surface area contributed by atoms with Crippen LogP contribution in [-0.4, -0.2) is 41.6 Å². The summed E-state index contributed by atoms with van der Waals surface area (Å²) in [6.07, 6.45) is 3.52. The lowest BCUT2D eigenvalue weighted by Gasteiger charge is -2.33. The Morgan fingerprint density at radius 1 is 1.38 bits per heavy atom. The number of methoxy groups -OCH3 is 1. The molecular weight excluding hydrogens is 272 g/mol. The van der Waals surface area contributed by atoms with Gasteiger partial charge in [0.25, 0.3) is 0 Å². The van der Waals surface area contributed by atoms with Crippen LogP contribution in [0.3, 0.4) is 0 Å². The Morgan fingerprint density at radius 3 is 2.76 bits per heavy atom. The van der Waals surface area contributed by atoms with E-state index in [0.717, 1.165) is 29.9 Å². The lowest BCUT2D eigenvalue weighted by molar-refractivity contribution is -0.154. The van der Waals surface area contributed by atoms with E-state index in [4.69, 9.17) is 9.26 Å². The second-order valence-electron chi connectivity index (χ2n) is 5.42. The van der Waals surface area contributed by atoms with Crippen LogP contribution in [0.4, 0.5) is 0 Å². The maximum Gasteiger partial charge on any atom is 0.328 e. The largest absolute Gasteiger partial charge is 0.467 e. The van der Waals surface area contributed by atoms with Crippen LogP contribution in [0.15, 0.2) is 4.52 Å². The second-order valence-corrected chi connectivity index (χ2v) is 5.42. The molecular formula is C15H22N2O4. The summed E-state index contributed by atoms with van der Waals surface area (Å²) < 4.78 is 9.90. The van der Waals surface area contributed by atoms with Gasteiger partial charge < -0.3 is 14.2 Å². The molecule has 1 aliphatic heterocycles. The minimum Gasteiger partial charge on any atom is -0.467 e. The minimum absolute atomic E-state index is 0.00917. The van der Waals surface area contributed by atoms with Crippen molar-refractivity contribution in [2.45, 2.75) is 52.0 Å². The molecule has 0 saturated carbocycles. The van der Waals surface area contributed by atoms with Crippen molar-refractivity contribution in [1.82, 2.24) is 10.1 Å². The van der Waals surface area contributed by atoms with E-state index < -0.39 is 6.04 Å². The highest BCUT2D eigenvalue weighted by atomic mass is 16.5. The summed E-state index contributed by atoms with van der Waals surface area (Å²) in [6.45, 7) is 4.34. The Morgan fingerprint density at radius 2 is 2.14 bits per heavy atom. The zero-order chi connectivity index (χ0) is 15.4. The van der Waals surface area contributed by atoms with Crippen LogP contribution in [0, 0.1) is 13.8 Å². The number of carbonyl (C=O) groups excluding carboxylic acids is 2. The highest BCUT2D eigenvalue weighted by Crippen LogP contribution is 2.21. The molecule has 0 bridgehead atoms. The van der Waals surface area contributed by atoms with Crippen LogP contribution in [0.5, 0.6) is 0 Å². The van der Waals surface area contributed by atoms with Crippen molar-refractivity contribution >= 4 is 11.9 Å². The standard InChI is InChI=1S/C15H22N2O4/c1-10-12(11(2)21-16-10)7-8-14(18)17-9-5-4-6-13(17)15(19)20-3/h13H,4-9H2,1-3H3/t13-/m1/s1. The highest BCUT2D eigenvalue weighted by molar-refractivity contribution is 5.84. The van der Waals surface area contributed by atoms with E-state index in [1.807, 2.05) is 13.8 Å². The third-order valence-electron chi connectivity index (χ3n) is 4.07. The van der Waals surface area contributed by atoms with Crippen molar-refractivity contribution in [3.05, 3.63) is 17.0 Å². The predicted octanol–water partition coefficient (Wildman–Crippen LogP) is 1.78. The molecule has 0 spiro atoms. The van der Waals surface area contributed by atoms with Gasteiger partial charge in [-0.05, 0) is 39.5 Å². The number of aryl methyl sites for hydroxylation is 2. The van der Waals surface area contributed by atoms with Gasteiger partial charge in [-0.25, -0.2) is 4.79 Å². The Labute approximate surface area is 124 Å². The first kappa shape index (κ1) is 15.5. The number of ether oxygens (including phenoxy) is 1. The Kier molecular flexibility index (Phi) is 4.98. The molecule has 0 radical (unpaired) electrons. The fourth-order valence-corrected chi connectivity index (χ4v) is 2.85. The van der Waals surface area contributed by atoms with Gasteiger partial charge in [-0.2, -0.15) is 0 Å². The number of likely N-dealkylation sites (tertiary alicyclic amines) is 1. The third kappa shape index (κ3) is 3.43. The molecule has 1 aliphatic rings. The number of carbonyl (C=O) groups is 2. The van der Waals surface area contributed by atoms with E-state index in [-0.39, 0.29) is 11.9 Å². The number of esters is 1. The van der Waals surface area contributed by atoms with Crippen molar-refractivity contribution < 1.29 is 18.8 Å². The molecule has 2 heterocycles. The summed E-state index contributed by atoms with van der Waals surface area (Å²) in [6, 6.07) is -0.430. The zero-order valence-electron chi connectivity index (χ0n) is 12.8. The fourth-order valence-electron chi connectivity index (χ4n) is 2.85. The second kappa shape index (κ2) is 6.74. The smallest absolute Gasteiger partial charge is 0.328 e. The fraction of sp³-hybridized carbons (Fsp3) is 0.667. The van der Waals surface area contributed by atoms with E-state index in [0.29, 0.717) is 25.8 Å². The molecule has 2 rings (SSSR count). The van der Waals surface area contributed by atoms with Crippen LogP contribution >= 0.6 is 0 Å². The van der Waals surface area contributed by atoms with Crippen LogP contribution in [0.25, 0.3) is 0 Å². The van der Waals surface area contributed by atoms with Crippen molar-refractivity contribution in [2.24, 2.45) is 0 Å². The number of rotatable bonds is 4. The molecule has 1 aromatic heterocycles. The summed E-state index contributed by atoms with van der Waals surface area (Å²) in [5, 5.41) is 3.89. The molecule has 0 N–H and O–H groups in total. The Balaban J connectivity index is 1.99. The molecule has 1 saturated heterocycles. The van der Waals surface area contributed by atoms with Gasteiger partial charge in [-0.3, -0.25) is 4.79 Å². The number of aromatic nitrogens is 1. The molecule has 6 nitrogen and oxygen atoms in total. The van der Waals surface area contributed by atoms with Gasteiger partial charge in [-0.15, -0.1) is 0 Å². The van der Waals surface area contributed by atoms with Crippen LogP contribution in [-0.2, 0) is 20.7 Å². The Bertz CT molecular complexity index is 504. The minimum atomic E-state index is -0.430. The molecule has 6 heteroatoms. The number of piperidine rings is 1. The van der Waals surface area contributed by atoms with Crippen molar-refractivity contribution in [2.75, 3.05) is 13.7 Å². The molecule has 1 fully saturated rings. The topological polar surface area (TPSA) is 72.6 Å². The number of amides is 1. The SMILES string of the molecule is COC(=O)[C@H]1CCCCN1C(=O)CCc1c(C)noc1C. The summed E-state index contributed by atoms with van der Waals surface area (Å²) >= 11 is 0. The van der Waals surface area contributed by atoms with E-state index >= 15 is 0 Å². The normalized spacial score (nSPS) is 18.6. The maximum atomic E-state index is 12.4. The lowest BCUT2D eigenvalue weighted by Crippen LogP contribution is -2.48. The molecule has 0 aliphatic carbocycles. The first-order chi connectivity index (χ1) is 10.0. The first-order valence-electron chi connectivity index (χ1n) is 7.33. The van der Waals surface area contributed by atoms with Crippen molar-refractivity contribution in [1.29, 1.82) is 0 Å². The zero-order valence-corrected chi connectivity index (χ0v) is 12.8. The van der Waals surface area contributed by atoms with Crippen molar-refractivity contribution in [3.63, 3.8) is 0 Å². The highest BCUT2D eigenvalue weighted by Gasteiger charge is 2.32. The van der Waals surface area contributed by atoms with Crippen LogP contribution < -0.4 is 0 Å². The summed E-state index contributed by atoms with van der Waals surface area (Å²) in [5.41, 5.74) is 1.80. The predicted molar refractivity (Wildman–Crippen MR) is 75.7 cm³/mol. The number of hydrogen-bond donors (Lipinski definition) is 0. The van der Waals surface area contributed by atoms with Gasteiger partial charge in [0.1, 0.15) is 11.8 Å². The van der Waals surface area contributed by atoms with Gasteiger partial charge in [0.15, 0.2) is 0 Å². The summed E-state index contributed by atoms with van der Waals surface area (Å²) in [5.74, 6) is 0.425. The summed E-state index contributed by atoms with van der Waals surface area (Å²) in [4.78, 5) is 25.9. The summed E-state index contributed by atoms with van der Waals surface area (Å²) in [7, 11) is 1.36. The van der Waals surface area contributed by atoms with Gasteiger partial charge in [0.2, 0.25) is 5.91 Å². The number of hydrogen-bond acceptors (Lipinski definition) is 5. The van der Waals surface area contributed by atoms with Gasteiger partial charge in [0.05, 0.1) is 12.8 Å². The maximum absolute atomic E-state index is 12.4. The van der Waals surface area contributed by atoms with Crippen LogP contribution in [0.1, 0.15) is 42.7 Å². The monoisotopic (exact) mass is 294 g/mol. The van der Waals surface area contributed by atoms with E-state index in [2.05, 4.69) is 5.16 Å². The van der Waals surface area contributed by atoms with Crippen LogP contribution in [0.2, 0.25) is 0 Å². The molecule has 0 unspecified atom stereocenters. The lowest BCUT2D eigenvalue weighted by atomic mass is 10.0. The molecule has 116 valence electrons. The van der Waals surface area contributed by atoms with Gasteiger partial charge >= 0.3 is 5.97 Å². The molecule has 0 aromatic carbocycles. The molecule has 1 atom stereocenters. The average molecular weight is 294 g/mol.